The van der Waals surface area contributed by atoms with Crippen molar-refractivity contribution in [2.24, 2.45) is 10.9 Å². The second-order valence-corrected chi connectivity index (χ2v) is 8.03. The normalized spacial score (nSPS) is 20.0. The second kappa shape index (κ2) is 11.5. The van der Waals surface area contributed by atoms with Crippen LogP contribution in [0.15, 0.2) is 48.0 Å². The minimum Gasteiger partial charge on any atom is -0.357 e. The number of rotatable bonds is 7. The molecule has 2 atom stereocenters. The Bertz CT molecular complexity index is 758. The smallest absolute Gasteiger partial charge is 0.191 e. The highest BCUT2D eigenvalue weighted by Crippen LogP contribution is 2.18. The van der Waals surface area contributed by atoms with Crippen molar-refractivity contribution in [1.29, 1.82) is 0 Å². The van der Waals surface area contributed by atoms with E-state index in [-0.39, 0.29) is 24.0 Å². The van der Waals surface area contributed by atoms with Crippen LogP contribution in [0, 0.1) is 5.92 Å². The van der Waals surface area contributed by atoms with E-state index in [1.807, 2.05) is 18.7 Å². The highest BCUT2D eigenvalue weighted by atomic mass is 127. The predicted molar refractivity (Wildman–Crippen MR) is 131 cm³/mol. The topological polar surface area (TPSA) is 57.5 Å². The molecule has 0 saturated carbocycles. The number of halogens is 1. The summed E-state index contributed by atoms with van der Waals surface area (Å²) in [5.41, 5.74) is 2.48. The molecule has 1 aromatic heterocycles. The lowest BCUT2D eigenvalue weighted by Crippen LogP contribution is -2.46. The maximum Gasteiger partial charge on any atom is 0.191 e. The van der Waals surface area contributed by atoms with Crippen LogP contribution in [0.1, 0.15) is 38.8 Å². The molecule has 29 heavy (non-hydrogen) atoms. The Hall–Kier alpha value is -1.61. The summed E-state index contributed by atoms with van der Waals surface area (Å²) < 4.78 is 2.08. The summed E-state index contributed by atoms with van der Waals surface area (Å²) in [5.74, 6) is 1.52. The minimum atomic E-state index is 0. The van der Waals surface area contributed by atoms with Gasteiger partial charge in [-0.15, -0.1) is 24.0 Å². The fourth-order valence-electron chi connectivity index (χ4n) is 3.70. The number of aromatic nitrogens is 2. The molecule has 0 radical (unpaired) electrons. The number of nitrogens with one attached hydrogen (secondary N) is 2. The molecule has 2 aromatic rings. The summed E-state index contributed by atoms with van der Waals surface area (Å²) in [6, 6.07) is 9.66. The number of hydrogen-bond donors (Lipinski definition) is 2. The molecule has 2 heterocycles. The Balaban J connectivity index is 0.00000300. The summed E-state index contributed by atoms with van der Waals surface area (Å²) in [7, 11) is 0. The zero-order valence-electron chi connectivity index (χ0n) is 18.0. The van der Waals surface area contributed by atoms with Gasteiger partial charge in [-0.1, -0.05) is 31.2 Å². The van der Waals surface area contributed by atoms with Gasteiger partial charge in [0, 0.05) is 50.7 Å². The summed E-state index contributed by atoms with van der Waals surface area (Å²) in [4.78, 5) is 11.5. The molecule has 1 aromatic carbocycles. The average molecular weight is 510 g/mol. The van der Waals surface area contributed by atoms with E-state index < -0.39 is 0 Å². The lowest BCUT2D eigenvalue weighted by Gasteiger charge is -2.22. The molecule has 0 aliphatic carbocycles. The van der Waals surface area contributed by atoms with Crippen LogP contribution in [-0.2, 0) is 13.1 Å². The van der Waals surface area contributed by atoms with Gasteiger partial charge in [0.15, 0.2) is 5.96 Å². The van der Waals surface area contributed by atoms with E-state index in [0.717, 1.165) is 32.1 Å². The van der Waals surface area contributed by atoms with Crippen LogP contribution in [0.2, 0.25) is 0 Å². The average Bonchev–Trinajstić information content (AvgIpc) is 3.30. The molecule has 1 fully saturated rings. The molecule has 1 aliphatic rings. The number of guanidine groups is 1. The molecule has 2 unspecified atom stereocenters. The molecular formula is C22H35IN6. The van der Waals surface area contributed by atoms with Gasteiger partial charge in [-0.05, 0) is 37.8 Å². The van der Waals surface area contributed by atoms with Crippen LogP contribution in [-0.4, -0.2) is 52.1 Å². The Labute approximate surface area is 192 Å². The summed E-state index contributed by atoms with van der Waals surface area (Å²) >= 11 is 0. The van der Waals surface area contributed by atoms with Crippen molar-refractivity contribution in [2.45, 2.75) is 52.9 Å². The second-order valence-electron chi connectivity index (χ2n) is 8.03. The monoisotopic (exact) mass is 510 g/mol. The zero-order valence-corrected chi connectivity index (χ0v) is 20.3. The molecule has 7 heteroatoms. The number of likely N-dealkylation sites (tertiary alicyclic amines) is 1. The Morgan fingerprint density at radius 2 is 2.07 bits per heavy atom. The fourth-order valence-corrected chi connectivity index (χ4v) is 3.70. The quantitative estimate of drug-likeness (QED) is 0.341. The molecule has 0 spiro atoms. The first-order valence-corrected chi connectivity index (χ1v) is 10.4. The van der Waals surface area contributed by atoms with Gasteiger partial charge in [0.1, 0.15) is 0 Å². The van der Waals surface area contributed by atoms with Gasteiger partial charge in [0.2, 0.25) is 0 Å². The third-order valence-electron chi connectivity index (χ3n) is 5.37. The molecule has 160 valence electrons. The summed E-state index contributed by atoms with van der Waals surface area (Å²) in [6.07, 6.45) is 5.65. The first-order valence-electron chi connectivity index (χ1n) is 10.4. The third-order valence-corrected chi connectivity index (χ3v) is 5.37. The van der Waals surface area contributed by atoms with Crippen molar-refractivity contribution in [3.63, 3.8) is 0 Å². The molecule has 1 aliphatic heterocycles. The van der Waals surface area contributed by atoms with E-state index in [9.17, 15) is 0 Å². The maximum absolute atomic E-state index is 4.85. The van der Waals surface area contributed by atoms with Gasteiger partial charge in [0.05, 0.1) is 12.9 Å². The van der Waals surface area contributed by atoms with E-state index in [1.165, 1.54) is 11.1 Å². The van der Waals surface area contributed by atoms with Gasteiger partial charge in [-0.3, -0.25) is 4.90 Å². The number of hydrogen-bond acceptors (Lipinski definition) is 3. The molecule has 0 bridgehead atoms. The maximum atomic E-state index is 4.85. The van der Waals surface area contributed by atoms with E-state index in [2.05, 4.69) is 77.0 Å². The van der Waals surface area contributed by atoms with Gasteiger partial charge in [0.25, 0.3) is 0 Å². The lowest BCUT2D eigenvalue weighted by molar-refractivity contribution is 0.265. The van der Waals surface area contributed by atoms with Crippen LogP contribution >= 0.6 is 24.0 Å². The van der Waals surface area contributed by atoms with Gasteiger partial charge in [-0.2, -0.15) is 0 Å². The van der Waals surface area contributed by atoms with Crippen LogP contribution in [0.3, 0.4) is 0 Å². The van der Waals surface area contributed by atoms with Crippen molar-refractivity contribution in [3.05, 3.63) is 54.1 Å². The molecule has 3 rings (SSSR count). The van der Waals surface area contributed by atoms with Gasteiger partial charge >= 0.3 is 0 Å². The molecule has 6 nitrogen and oxygen atoms in total. The van der Waals surface area contributed by atoms with Crippen molar-refractivity contribution in [3.8, 4) is 0 Å². The van der Waals surface area contributed by atoms with Crippen LogP contribution in [0.25, 0.3) is 0 Å². The molecular weight excluding hydrogens is 475 g/mol. The van der Waals surface area contributed by atoms with Crippen molar-refractivity contribution >= 4 is 29.9 Å². The molecule has 2 N–H and O–H groups in total. The molecule has 0 amide bonds. The fraction of sp³-hybridized carbons (Fsp3) is 0.545. The van der Waals surface area contributed by atoms with E-state index in [0.29, 0.717) is 24.5 Å². The number of imidazole rings is 1. The Kier molecular flexibility index (Phi) is 9.42. The zero-order chi connectivity index (χ0) is 19.9. The molecule has 1 saturated heterocycles. The highest BCUT2D eigenvalue weighted by molar-refractivity contribution is 14.0. The van der Waals surface area contributed by atoms with Crippen LogP contribution in [0.5, 0.6) is 0 Å². The van der Waals surface area contributed by atoms with E-state index in [4.69, 9.17) is 4.99 Å². The minimum absolute atomic E-state index is 0. The summed E-state index contributed by atoms with van der Waals surface area (Å²) in [6.45, 7) is 13.6. The lowest BCUT2D eigenvalue weighted by atomic mass is 10.1. The van der Waals surface area contributed by atoms with E-state index in [1.54, 1.807) is 0 Å². The van der Waals surface area contributed by atoms with Gasteiger partial charge < -0.3 is 15.2 Å². The Morgan fingerprint density at radius 1 is 1.28 bits per heavy atom. The van der Waals surface area contributed by atoms with Gasteiger partial charge in [-0.25, -0.2) is 9.98 Å². The largest absolute Gasteiger partial charge is 0.357 e. The number of benzene rings is 1. The SMILES string of the molecule is CCNC(=NCc1cccc(Cn2ccnc2)c1)NC1CN(C(C)C)CC1C.I. The van der Waals surface area contributed by atoms with Crippen LogP contribution < -0.4 is 10.6 Å². The number of nitrogens with zero attached hydrogens (tertiary/aromatic N) is 4. The van der Waals surface area contributed by atoms with Crippen molar-refractivity contribution in [1.82, 2.24) is 25.1 Å². The van der Waals surface area contributed by atoms with E-state index >= 15 is 0 Å². The number of aliphatic imine (C=N–C) groups is 1. The van der Waals surface area contributed by atoms with Crippen molar-refractivity contribution < 1.29 is 0 Å². The highest BCUT2D eigenvalue weighted by Gasteiger charge is 2.31. The predicted octanol–water partition coefficient (Wildman–Crippen LogP) is 3.33. The summed E-state index contributed by atoms with van der Waals surface area (Å²) in [5, 5.41) is 7.06. The van der Waals surface area contributed by atoms with Crippen LogP contribution in [0.4, 0.5) is 0 Å². The first kappa shape index (κ1) is 23.7. The third kappa shape index (κ3) is 6.99. The standard InChI is InChI=1S/C22H34N6.HI/c1-5-24-22(26-21-15-28(17(2)3)13-18(21)4)25-12-19-7-6-8-20(11-19)14-27-10-9-23-16-27;/h6-11,16-18,21H,5,12-15H2,1-4H3,(H2,24,25,26);1H. The van der Waals surface area contributed by atoms with Crippen molar-refractivity contribution in [2.75, 3.05) is 19.6 Å². The first-order chi connectivity index (χ1) is 13.5. The Morgan fingerprint density at radius 3 is 2.72 bits per heavy atom.